The van der Waals surface area contributed by atoms with Gasteiger partial charge in [-0.2, -0.15) is 18.3 Å². The van der Waals surface area contributed by atoms with Crippen LogP contribution in [0.1, 0.15) is 25.7 Å². The van der Waals surface area contributed by atoms with Crippen LogP contribution in [-0.4, -0.2) is 32.2 Å². The molecule has 0 aliphatic carbocycles. The summed E-state index contributed by atoms with van der Waals surface area (Å²) in [6.45, 7) is 3.55. The minimum atomic E-state index is -4.62. The molecule has 0 saturated carbocycles. The van der Waals surface area contributed by atoms with Gasteiger partial charge in [0, 0.05) is 12.5 Å². The predicted molar refractivity (Wildman–Crippen MR) is 46.2 cm³/mol. The Kier molecular flexibility index (Phi) is 3.33. The van der Waals surface area contributed by atoms with E-state index in [9.17, 15) is 13.2 Å². The van der Waals surface area contributed by atoms with Crippen molar-refractivity contribution in [3.05, 3.63) is 12.2 Å². The Balaban J connectivity index is 2.77. The molecule has 0 unspecified atom stereocenters. The summed E-state index contributed by atoms with van der Waals surface area (Å²) < 4.78 is 37.6. The van der Waals surface area contributed by atoms with Gasteiger partial charge in [-0.25, -0.2) is 9.67 Å². The maximum absolute atomic E-state index is 12.1. The van der Waals surface area contributed by atoms with Gasteiger partial charge in [0.05, 0.1) is 0 Å². The highest BCUT2D eigenvalue weighted by Crippen LogP contribution is 2.22. The maximum Gasteiger partial charge on any atom is 0.414 e. The van der Waals surface area contributed by atoms with Crippen LogP contribution in [0.3, 0.4) is 0 Å². The average Bonchev–Trinajstić information content (AvgIpc) is 2.50. The monoisotopic (exact) mass is 223 g/mol. The highest BCUT2D eigenvalue weighted by molar-refractivity contribution is 4.90. The maximum atomic E-state index is 12.1. The van der Waals surface area contributed by atoms with Crippen LogP contribution < -0.4 is 0 Å². The van der Waals surface area contributed by atoms with Gasteiger partial charge in [-0.15, -0.1) is 0 Å². The molecular formula is C8H12F3N3O. The Labute approximate surface area is 84.7 Å². The average molecular weight is 223 g/mol. The SMILES string of the molecule is CC(C)n1ncnc1C[C@@H](O)C(F)(F)F. The van der Waals surface area contributed by atoms with Gasteiger partial charge in [0.1, 0.15) is 12.2 Å². The van der Waals surface area contributed by atoms with Crippen molar-refractivity contribution in [3.8, 4) is 0 Å². The zero-order valence-electron chi connectivity index (χ0n) is 8.36. The zero-order valence-corrected chi connectivity index (χ0v) is 8.36. The van der Waals surface area contributed by atoms with E-state index in [-0.39, 0.29) is 11.9 Å². The summed E-state index contributed by atoms with van der Waals surface area (Å²) >= 11 is 0. The van der Waals surface area contributed by atoms with Crippen molar-refractivity contribution in [2.24, 2.45) is 0 Å². The van der Waals surface area contributed by atoms with Crippen molar-refractivity contribution < 1.29 is 18.3 Å². The molecule has 1 aromatic heterocycles. The van der Waals surface area contributed by atoms with Gasteiger partial charge in [0.15, 0.2) is 6.10 Å². The van der Waals surface area contributed by atoms with Gasteiger partial charge < -0.3 is 5.11 Å². The molecule has 1 heterocycles. The second-order valence-electron chi connectivity index (χ2n) is 3.48. The van der Waals surface area contributed by atoms with Crippen molar-refractivity contribution in [1.82, 2.24) is 14.8 Å². The molecule has 7 heteroatoms. The van der Waals surface area contributed by atoms with Gasteiger partial charge in [0.2, 0.25) is 0 Å². The van der Waals surface area contributed by atoms with Gasteiger partial charge >= 0.3 is 6.18 Å². The summed E-state index contributed by atoms with van der Waals surface area (Å²) in [5, 5.41) is 12.6. The molecule has 0 radical (unpaired) electrons. The summed E-state index contributed by atoms with van der Waals surface area (Å²) in [6.07, 6.45) is -6.40. The number of rotatable bonds is 3. The minimum absolute atomic E-state index is 0.0806. The van der Waals surface area contributed by atoms with E-state index in [2.05, 4.69) is 10.1 Å². The van der Waals surface area contributed by atoms with Crippen molar-refractivity contribution in [3.63, 3.8) is 0 Å². The Bertz CT molecular complexity index is 321. The fourth-order valence-electron chi connectivity index (χ4n) is 1.14. The van der Waals surface area contributed by atoms with E-state index in [0.29, 0.717) is 0 Å². The van der Waals surface area contributed by atoms with Crippen LogP contribution in [0.15, 0.2) is 6.33 Å². The highest BCUT2D eigenvalue weighted by atomic mass is 19.4. The molecule has 0 fully saturated rings. The van der Waals surface area contributed by atoms with Crippen LogP contribution in [0.25, 0.3) is 0 Å². The van der Waals surface area contributed by atoms with Gasteiger partial charge in [0.25, 0.3) is 0 Å². The quantitative estimate of drug-likeness (QED) is 0.840. The normalized spacial score (nSPS) is 14.6. The number of nitrogens with zero attached hydrogens (tertiary/aromatic N) is 3. The summed E-state index contributed by atoms with van der Waals surface area (Å²) in [7, 11) is 0. The van der Waals surface area contributed by atoms with Crippen LogP contribution in [0.2, 0.25) is 0 Å². The fourth-order valence-corrected chi connectivity index (χ4v) is 1.14. The molecule has 1 aromatic rings. The van der Waals surface area contributed by atoms with E-state index in [4.69, 9.17) is 5.11 Å². The number of alkyl halides is 3. The van der Waals surface area contributed by atoms with E-state index in [0.717, 1.165) is 0 Å². The third kappa shape index (κ3) is 2.92. The van der Waals surface area contributed by atoms with Crippen LogP contribution >= 0.6 is 0 Å². The van der Waals surface area contributed by atoms with Crippen LogP contribution in [0.4, 0.5) is 13.2 Å². The molecule has 1 rings (SSSR count). The first-order valence-corrected chi connectivity index (χ1v) is 4.45. The zero-order chi connectivity index (χ0) is 11.6. The molecule has 0 aliphatic rings. The first-order valence-electron chi connectivity index (χ1n) is 4.45. The van der Waals surface area contributed by atoms with Gasteiger partial charge in [-0.1, -0.05) is 0 Å². The van der Waals surface area contributed by atoms with E-state index in [1.54, 1.807) is 13.8 Å². The molecule has 0 spiro atoms. The van der Waals surface area contributed by atoms with Gasteiger partial charge in [-0.3, -0.25) is 0 Å². The van der Waals surface area contributed by atoms with Crippen molar-refractivity contribution in [2.75, 3.05) is 0 Å². The molecule has 1 N–H and O–H groups in total. The Hall–Kier alpha value is -1.11. The third-order valence-corrected chi connectivity index (χ3v) is 1.89. The van der Waals surface area contributed by atoms with E-state index in [1.165, 1.54) is 11.0 Å². The molecule has 1 atom stereocenters. The van der Waals surface area contributed by atoms with E-state index in [1.807, 2.05) is 0 Å². The largest absolute Gasteiger partial charge is 0.414 e. The number of halogens is 3. The van der Waals surface area contributed by atoms with Gasteiger partial charge in [-0.05, 0) is 13.8 Å². The molecular weight excluding hydrogens is 211 g/mol. The minimum Gasteiger partial charge on any atom is -0.383 e. The Morgan fingerprint density at radius 1 is 1.47 bits per heavy atom. The topological polar surface area (TPSA) is 50.9 Å². The lowest BCUT2D eigenvalue weighted by Crippen LogP contribution is -2.31. The molecule has 86 valence electrons. The molecule has 15 heavy (non-hydrogen) atoms. The molecule has 4 nitrogen and oxygen atoms in total. The number of hydrogen-bond donors (Lipinski definition) is 1. The molecule has 0 aliphatic heterocycles. The molecule has 0 bridgehead atoms. The number of aliphatic hydroxyl groups is 1. The number of aliphatic hydroxyl groups excluding tert-OH is 1. The summed E-state index contributed by atoms with van der Waals surface area (Å²) in [5.74, 6) is 0.134. The lowest BCUT2D eigenvalue weighted by molar-refractivity contribution is -0.203. The second kappa shape index (κ2) is 4.18. The Morgan fingerprint density at radius 3 is 2.53 bits per heavy atom. The number of hydrogen-bond acceptors (Lipinski definition) is 3. The van der Waals surface area contributed by atoms with Crippen LogP contribution in [0.5, 0.6) is 0 Å². The Morgan fingerprint density at radius 2 is 2.07 bits per heavy atom. The fraction of sp³-hybridized carbons (Fsp3) is 0.750. The summed E-state index contributed by atoms with van der Waals surface area (Å²) in [4.78, 5) is 3.68. The highest BCUT2D eigenvalue weighted by Gasteiger charge is 2.39. The smallest absolute Gasteiger partial charge is 0.383 e. The van der Waals surface area contributed by atoms with Crippen molar-refractivity contribution in [2.45, 2.75) is 38.6 Å². The summed E-state index contributed by atoms with van der Waals surface area (Å²) in [5.41, 5.74) is 0. The van der Waals surface area contributed by atoms with Crippen LogP contribution in [0, 0.1) is 0 Å². The summed E-state index contributed by atoms with van der Waals surface area (Å²) in [6, 6.07) is -0.0806. The van der Waals surface area contributed by atoms with E-state index >= 15 is 0 Å². The third-order valence-electron chi connectivity index (χ3n) is 1.89. The van der Waals surface area contributed by atoms with Crippen molar-refractivity contribution in [1.29, 1.82) is 0 Å². The lowest BCUT2D eigenvalue weighted by Gasteiger charge is -2.15. The lowest BCUT2D eigenvalue weighted by atomic mass is 10.2. The van der Waals surface area contributed by atoms with Crippen LogP contribution in [-0.2, 0) is 6.42 Å². The molecule has 0 aromatic carbocycles. The van der Waals surface area contributed by atoms with E-state index < -0.39 is 18.7 Å². The second-order valence-corrected chi connectivity index (χ2v) is 3.48. The first-order chi connectivity index (χ1) is 6.82. The predicted octanol–water partition coefficient (Wildman–Crippen LogP) is 1.32. The molecule has 0 amide bonds. The number of aromatic nitrogens is 3. The first kappa shape index (κ1) is 12.0. The standard InChI is InChI=1S/C8H12F3N3O/c1-5(2)14-7(12-4-13-14)3-6(15)8(9,10)11/h4-6,15H,3H2,1-2H3/t6-/m1/s1. The molecule has 0 saturated heterocycles. The van der Waals surface area contributed by atoms with Crippen molar-refractivity contribution >= 4 is 0 Å².